The summed E-state index contributed by atoms with van der Waals surface area (Å²) in [5, 5.41) is 0. The Morgan fingerprint density at radius 2 is 1.67 bits per heavy atom. The highest BCUT2D eigenvalue weighted by atomic mass is 32.3. The van der Waals surface area contributed by atoms with Crippen LogP contribution in [0.5, 0.6) is 0 Å². The Balaban J connectivity index is 0.000000336. The van der Waals surface area contributed by atoms with E-state index in [1.54, 1.807) is 13.0 Å². The molecule has 0 atom stereocenters. The van der Waals surface area contributed by atoms with E-state index in [0.29, 0.717) is 5.69 Å². The van der Waals surface area contributed by atoms with Crippen molar-refractivity contribution in [1.29, 1.82) is 0 Å². The van der Waals surface area contributed by atoms with Crippen LogP contribution in [-0.2, 0) is 10.4 Å². The maximum Gasteiger partial charge on any atom is 0.394 e. The Labute approximate surface area is 86.3 Å². The summed E-state index contributed by atoms with van der Waals surface area (Å²) in [5.41, 5.74) is 11.7. The van der Waals surface area contributed by atoms with Gasteiger partial charge in [-0.1, -0.05) is 0 Å². The van der Waals surface area contributed by atoms with Crippen LogP contribution in [-0.4, -0.2) is 17.5 Å². The number of anilines is 2. The lowest BCUT2D eigenvalue weighted by Gasteiger charge is -2.01. The van der Waals surface area contributed by atoms with Gasteiger partial charge >= 0.3 is 10.4 Å². The van der Waals surface area contributed by atoms with Gasteiger partial charge in [0, 0.05) is 0 Å². The molecule has 15 heavy (non-hydrogen) atoms. The molecule has 0 aliphatic rings. The Hall–Kier alpha value is -1.38. The number of nitrogens with two attached hydrogens (primary N) is 2. The molecule has 0 radical (unpaired) electrons. The summed E-state index contributed by atoms with van der Waals surface area (Å²) in [6.45, 7) is 1.76. The highest BCUT2D eigenvalue weighted by molar-refractivity contribution is 7.79. The van der Waals surface area contributed by atoms with Crippen LogP contribution < -0.4 is 11.5 Å². The quantitative estimate of drug-likeness (QED) is 0.388. The molecule has 0 aliphatic heterocycles. The second kappa shape index (κ2) is 4.91. The number of hydrogen-bond acceptors (Lipinski definition) is 4. The third-order valence-corrected chi connectivity index (χ3v) is 1.31. The summed E-state index contributed by atoms with van der Waals surface area (Å²) in [6.07, 6.45) is 0. The fraction of sp³-hybridized carbons (Fsp3) is 0.143. The van der Waals surface area contributed by atoms with Crippen LogP contribution in [0.2, 0.25) is 0 Å². The topological polar surface area (TPSA) is 127 Å². The van der Waals surface area contributed by atoms with E-state index >= 15 is 0 Å². The summed E-state index contributed by atoms with van der Waals surface area (Å²) in [6, 6.07) is 2.99. The van der Waals surface area contributed by atoms with Gasteiger partial charge in [0.1, 0.15) is 5.82 Å². The fourth-order valence-electron chi connectivity index (χ4n) is 0.780. The van der Waals surface area contributed by atoms with Crippen LogP contribution in [0.25, 0.3) is 0 Å². The van der Waals surface area contributed by atoms with Gasteiger partial charge in [0.15, 0.2) is 0 Å². The smallest absolute Gasteiger partial charge is 0.394 e. The monoisotopic (exact) mass is 238 g/mol. The number of halogens is 1. The van der Waals surface area contributed by atoms with E-state index in [4.69, 9.17) is 29.0 Å². The van der Waals surface area contributed by atoms with Gasteiger partial charge in [0.25, 0.3) is 0 Å². The molecule has 0 aliphatic carbocycles. The molecule has 0 fully saturated rings. The van der Waals surface area contributed by atoms with Crippen molar-refractivity contribution in [2.45, 2.75) is 6.92 Å². The molecule has 1 aromatic carbocycles. The van der Waals surface area contributed by atoms with Crippen molar-refractivity contribution in [3.63, 3.8) is 0 Å². The maximum absolute atomic E-state index is 12.6. The van der Waals surface area contributed by atoms with Crippen LogP contribution >= 0.6 is 0 Å². The van der Waals surface area contributed by atoms with E-state index in [0.717, 1.165) is 5.56 Å². The molecule has 0 unspecified atom stereocenters. The Morgan fingerprint density at radius 1 is 1.27 bits per heavy atom. The normalized spacial score (nSPS) is 10.4. The molecule has 0 aromatic heterocycles. The van der Waals surface area contributed by atoms with Crippen LogP contribution in [0.3, 0.4) is 0 Å². The lowest BCUT2D eigenvalue weighted by atomic mass is 10.2. The van der Waals surface area contributed by atoms with Gasteiger partial charge in [-0.2, -0.15) is 8.42 Å². The maximum atomic E-state index is 12.6. The zero-order valence-corrected chi connectivity index (χ0v) is 8.62. The van der Waals surface area contributed by atoms with Crippen molar-refractivity contribution >= 4 is 21.8 Å². The van der Waals surface area contributed by atoms with Crippen molar-refractivity contribution in [2.75, 3.05) is 11.5 Å². The average molecular weight is 238 g/mol. The molecule has 0 saturated heterocycles. The first-order valence-corrected chi connectivity index (χ1v) is 5.02. The first-order valence-electron chi connectivity index (χ1n) is 3.62. The molecule has 86 valence electrons. The van der Waals surface area contributed by atoms with Crippen LogP contribution in [0.4, 0.5) is 15.8 Å². The first-order chi connectivity index (χ1) is 6.61. The van der Waals surface area contributed by atoms with Crippen molar-refractivity contribution in [2.24, 2.45) is 0 Å². The number of rotatable bonds is 0. The third-order valence-electron chi connectivity index (χ3n) is 1.31. The average Bonchev–Trinajstić information content (AvgIpc) is 1.96. The van der Waals surface area contributed by atoms with Gasteiger partial charge in [0.05, 0.1) is 11.4 Å². The Bertz CT molecular complexity index is 415. The van der Waals surface area contributed by atoms with E-state index in [-0.39, 0.29) is 5.69 Å². The molecule has 6 N–H and O–H groups in total. The fourth-order valence-corrected chi connectivity index (χ4v) is 0.780. The minimum Gasteiger partial charge on any atom is -0.397 e. The molecule has 0 spiro atoms. The minimum absolute atomic E-state index is 0.0330. The summed E-state index contributed by atoms with van der Waals surface area (Å²) < 4.78 is 44.2. The second-order valence-corrected chi connectivity index (χ2v) is 3.59. The molecule has 6 nitrogen and oxygen atoms in total. The summed E-state index contributed by atoms with van der Waals surface area (Å²) in [4.78, 5) is 0. The zero-order chi connectivity index (χ0) is 12.2. The lowest BCUT2D eigenvalue weighted by Crippen LogP contribution is -1.98. The molecule has 8 heteroatoms. The Morgan fingerprint density at radius 3 is 2.00 bits per heavy atom. The predicted octanol–water partition coefficient (Wildman–Crippen LogP) is 0.646. The van der Waals surface area contributed by atoms with Gasteiger partial charge in [-0.05, 0) is 24.6 Å². The molecule has 0 saturated carbocycles. The third kappa shape index (κ3) is 6.66. The largest absolute Gasteiger partial charge is 0.397 e. The standard InChI is InChI=1S/C7H9FN2.H2O4S/c1-4-2-5(8)7(10)6(9)3-4;1-5(2,3)4/h2-3H,9-10H2,1H3;(H2,1,2,3,4). The molecular formula is C7H11FN2O4S. The van der Waals surface area contributed by atoms with E-state index in [9.17, 15) is 4.39 Å². The summed E-state index contributed by atoms with van der Waals surface area (Å²) in [5.74, 6) is -0.447. The molecular weight excluding hydrogens is 227 g/mol. The molecule has 0 amide bonds. The van der Waals surface area contributed by atoms with Gasteiger partial charge in [-0.3, -0.25) is 9.11 Å². The summed E-state index contributed by atoms with van der Waals surface area (Å²) >= 11 is 0. The van der Waals surface area contributed by atoms with Crippen LogP contribution in [0, 0.1) is 12.7 Å². The Kier molecular flexibility index (Phi) is 4.46. The SMILES string of the molecule is Cc1cc(N)c(N)c(F)c1.O=S(=O)(O)O. The molecule has 1 aromatic rings. The van der Waals surface area contributed by atoms with E-state index in [2.05, 4.69) is 0 Å². The molecule has 0 heterocycles. The molecule has 0 bridgehead atoms. The van der Waals surface area contributed by atoms with Gasteiger partial charge in [0.2, 0.25) is 0 Å². The van der Waals surface area contributed by atoms with Crippen molar-refractivity contribution in [1.82, 2.24) is 0 Å². The number of nitrogen functional groups attached to an aromatic ring is 2. The lowest BCUT2D eigenvalue weighted by molar-refractivity contribution is 0.381. The van der Waals surface area contributed by atoms with E-state index in [1.165, 1.54) is 6.07 Å². The number of aryl methyl sites for hydroxylation is 1. The van der Waals surface area contributed by atoms with Crippen molar-refractivity contribution in [3.8, 4) is 0 Å². The zero-order valence-electron chi connectivity index (χ0n) is 7.81. The highest BCUT2D eigenvalue weighted by Crippen LogP contribution is 2.19. The van der Waals surface area contributed by atoms with Crippen LogP contribution in [0.15, 0.2) is 12.1 Å². The van der Waals surface area contributed by atoms with Gasteiger partial charge in [-0.15, -0.1) is 0 Å². The number of hydrogen-bond donors (Lipinski definition) is 4. The van der Waals surface area contributed by atoms with Gasteiger partial charge < -0.3 is 11.5 Å². The van der Waals surface area contributed by atoms with Crippen LogP contribution in [0.1, 0.15) is 5.56 Å². The molecule has 1 rings (SSSR count). The van der Waals surface area contributed by atoms with Crippen molar-refractivity contribution < 1.29 is 21.9 Å². The highest BCUT2D eigenvalue weighted by Gasteiger charge is 2.01. The minimum atomic E-state index is -4.67. The van der Waals surface area contributed by atoms with E-state index in [1.807, 2.05) is 0 Å². The summed E-state index contributed by atoms with van der Waals surface area (Å²) in [7, 11) is -4.67. The van der Waals surface area contributed by atoms with Crippen molar-refractivity contribution in [3.05, 3.63) is 23.5 Å². The first kappa shape index (κ1) is 13.6. The number of benzene rings is 1. The second-order valence-electron chi connectivity index (χ2n) is 2.70. The van der Waals surface area contributed by atoms with E-state index < -0.39 is 16.2 Å². The predicted molar refractivity (Wildman–Crippen MR) is 54.1 cm³/mol. The van der Waals surface area contributed by atoms with Gasteiger partial charge in [-0.25, -0.2) is 4.39 Å².